The third-order valence-corrected chi connectivity index (χ3v) is 4.32. The Hall–Kier alpha value is -2.22. The molecule has 1 aromatic carbocycles. The van der Waals surface area contributed by atoms with Crippen LogP contribution in [0.25, 0.3) is 10.2 Å². The summed E-state index contributed by atoms with van der Waals surface area (Å²) < 4.78 is 0.744. The zero-order chi connectivity index (χ0) is 15.1. The van der Waals surface area contributed by atoms with Crippen molar-refractivity contribution in [3.05, 3.63) is 27.3 Å². The van der Waals surface area contributed by atoms with Crippen LogP contribution in [0.2, 0.25) is 0 Å². The number of aliphatic carboxylic acids is 1. The van der Waals surface area contributed by atoms with Gasteiger partial charge < -0.3 is 10.0 Å². The van der Waals surface area contributed by atoms with E-state index in [0.29, 0.717) is 11.2 Å². The molecule has 1 aliphatic carbocycles. The monoisotopic (exact) mass is 307 g/mol. The highest BCUT2D eigenvalue weighted by Gasteiger charge is 2.34. The number of nitrogens with zero attached hydrogens (tertiary/aromatic N) is 3. The normalized spacial score (nSPS) is 14.3. The highest BCUT2D eigenvalue weighted by atomic mass is 32.1. The van der Waals surface area contributed by atoms with Crippen LogP contribution in [0.3, 0.4) is 0 Å². The van der Waals surface area contributed by atoms with Gasteiger partial charge in [0, 0.05) is 12.1 Å². The van der Waals surface area contributed by atoms with E-state index >= 15 is 0 Å². The maximum absolute atomic E-state index is 11.3. The van der Waals surface area contributed by atoms with Crippen molar-refractivity contribution in [3.8, 4) is 0 Å². The fourth-order valence-corrected chi connectivity index (χ4v) is 3.23. The number of aryl methyl sites for hydroxylation is 1. The Kier molecular flexibility index (Phi) is 3.25. The van der Waals surface area contributed by atoms with Gasteiger partial charge in [-0.1, -0.05) is 0 Å². The molecular weight excluding hydrogens is 294 g/mol. The lowest BCUT2D eigenvalue weighted by Gasteiger charge is -2.22. The molecule has 2 aromatic rings. The molecule has 8 heteroatoms. The number of thiazole rings is 1. The summed E-state index contributed by atoms with van der Waals surface area (Å²) in [6, 6.07) is 3.20. The summed E-state index contributed by atoms with van der Waals surface area (Å²) in [6.07, 6.45) is 1.72. The fourth-order valence-electron chi connectivity index (χ4n) is 2.39. The number of nitro groups is 1. The van der Waals surface area contributed by atoms with Crippen LogP contribution in [0.1, 0.15) is 17.8 Å². The van der Waals surface area contributed by atoms with Crippen LogP contribution >= 0.6 is 11.3 Å². The third kappa shape index (κ3) is 2.66. The molecule has 0 atom stereocenters. The van der Waals surface area contributed by atoms with E-state index in [4.69, 9.17) is 5.11 Å². The molecule has 0 spiro atoms. The molecule has 1 aromatic heterocycles. The van der Waals surface area contributed by atoms with Gasteiger partial charge in [0.1, 0.15) is 12.2 Å². The zero-order valence-corrected chi connectivity index (χ0v) is 12.1. The van der Waals surface area contributed by atoms with E-state index in [1.54, 1.807) is 11.0 Å². The van der Waals surface area contributed by atoms with Crippen molar-refractivity contribution >= 4 is 38.9 Å². The van der Waals surface area contributed by atoms with Gasteiger partial charge in [-0.25, -0.2) is 4.98 Å². The molecule has 0 bridgehead atoms. The van der Waals surface area contributed by atoms with Crippen LogP contribution in [0, 0.1) is 17.0 Å². The smallest absolute Gasteiger partial charge is 0.323 e. The van der Waals surface area contributed by atoms with E-state index in [1.165, 1.54) is 17.4 Å². The predicted octanol–water partition coefficient (Wildman–Crippen LogP) is 2.57. The maximum atomic E-state index is 11.3. The van der Waals surface area contributed by atoms with Gasteiger partial charge >= 0.3 is 5.97 Å². The van der Waals surface area contributed by atoms with Crippen LogP contribution in [-0.4, -0.2) is 33.6 Å². The molecule has 1 fully saturated rings. The van der Waals surface area contributed by atoms with Gasteiger partial charge in [0.15, 0.2) is 0 Å². The SMILES string of the molecule is Cc1nc2cc(N(CC(=O)O)C3CC3)c([N+](=O)[O-])cc2s1. The molecule has 0 aliphatic heterocycles. The number of anilines is 1. The van der Waals surface area contributed by atoms with Crippen LogP contribution in [0.15, 0.2) is 12.1 Å². The lowest BCUT2D eigenvalue weighted by Crippen LogP contribution is -2.32. The van der Waals surface area contributed by atoms with Crippen molar-refractivity contribution in [2.75, 3.05) is 11.4 Å². The summed E-state index contributed by atoms with van der Waals surface area (Å²) in [5.74, 6) is -0.995. The van der Waals surface area contributed by atoms with Gasteiger partial charge in [0.2, 0.25) is 0 Å². The van der Waals surface area contributed by atoms with Gasteiger partial charge in [0.25, 0.3) is 5.69 Å². The second kappa shape index (κ2) is 4.96. The summed E-state index contributed by atoms with van der Waals surface area (Å²) >= 11 is 1.39. The van der Waals surface area contributed by atoms with Crippen molar-refractivity contribution in [1.29, 1.82) is 0 Å². The molecule has 0 amide bonds. The number of nitro benzene ring substituents is 1. The van der Waals surface area contributed by atoms with E-state index in [2.05, 4.69) is 4.98 Å². The molecule has 1 heterocycles. The first-order valence-electron chi connectivity index (χ1n) is 6.49. The quantitative estimate of drug-likeness (QED) is 0.673. The minimum Gasteiger partial charge on any atom is -0.480 e. The Balaban J connectivity index is 2.15. The Morgan fingerprint density at radius 3 is 2.86 bits per heavy atom. The van der Waals surface area contributed by atoms with Gasteiger partial charge in [0.05, 0.1) is 20.1 Å². The summed E-state index contributed by atoms with van der Waals surface area (Å²) in [4.78, 5) is 27.8. The lowest BCUT2D eigenvalue weighted by molar-refractivity contribution is -0.384. The second-order valence-electron chi connectivity index (χ2n) is 5.05. The van der Waals surface area contributed by atoms with E-state index in [9.17, 15) is 14.9 Å². The molecular formula is C13H13N3O4S. The maximum Gasteiger partial charge on any atom is 0.323 e. The molecule has 1 saturated carbocycles. The van der Waals surface area contributed by atoms with Crippen LogP contribution in [-0.2, 0) is 4.79 Å². The van der Waals surface area contributed by atoms with E-state index in [-0.39, 0.29) is 18.3 Å². The number of benzene rings is 1. The molecule has 7 nitrogen and oxygen atoms in total. The van der Waals surface area contributed by atoms with Crippen molar-refractivity contribution in [3.63, 3.8) is 0 Å². The number of aromatic nitrogens is 1. The van der Waals surface area contributed by atoms with Gasteiger partial charge in [-0.3, -0.25) is 14.9 Å². The summed E-state index contributed by atoms with van der Waals surface area (Å²) in [7, 11) is 0. The zero-order valence-electron chi connectivity index (χ0n) is 11.3. The Morgan fingerprint density at radius 2 is 2.29 bits per heavy atom. The minimum absolute atomic E-state index is 0.0562. The van der Waals surface area contributed by atoms with E-state index in [1.807, 2.05) is 6.92 Å². The highest BCUT2D eigenvalue weighted by molar-refractivity contribution is 7.18. The number of hydrogen-bond donors (Lipinski definition) is 1. The number of carbonyl (C=O) groups is 1. The number of carboxylic acids is 1. The van der Waals surface area contributed by atoms with E-state index < -0.39 is 10.9 Å². The molecule has 0 unspecified atom stereocenters. The van der Waals surface area contributed by atoms with Crippen LogP contribution < -0.4 is 4.90 Å². The summed E-state index contributed by atoms with van der Waals surface area (Å²) in [6.45, 7) is 1.60. The average Bonchev–Trinajstić information content (AvgIpc) is 3.15. The second-order valence-corrected chi connectivity index (χ2v) is 6.29. The number of rotatable bonds is 5. The molecule has 110 valence electrons. The van der Waals surface area contributed by atoms with Gasteiger partial charge in [-0.2, -0.15) is 0 Å². The number of carboxylic acid groups (broad SMARTS) is 1. The Bertz CT molecular complexity index is 738. The Morgan fingerprint density at radius 1 is 1.57 bits per heavy atom. The molecule has 0 radical (unpaired) electrons. The average molecular weight is 307 g/mol. The molecule has 1 aliphatic rings. The van der Waals surface area contributed by atoms with Gasteiger partial charge in [-0.15, -0.1) is 11.3 Å². The van der Waals surface area contributed by atoms with Crippen molar-refractivity contribution in [2.45, 2.75) is 25.8 Å². The first-order chi connectivity index (χ1) is 9.95. The topological polar surface area (TPSA) is 96.6 Å². The Labute approximate surface area is 124 Å². The summed E-state index contributed by atoms with van der Waals surface area (Å²) in [5.41, 5.74) is 0.969. The summed E-state index contributed by atoms with van der Waals surface area (Å²) in [5, 5.41) is 21.2. The largest absolute Gasteiger partial charge is 0.480 e. The predicted molar refractivity (Wildman–Crippen MR) is 79.0 cm³/mol. The first kappa shape index (κ1) is 13.7. The van der Waals surface area contributed by atoms with E-state index in [0.717, 1.165) is 22.5 Å². The lowest BCUT2D eigenvalue weighted by atomic mass is 10.2. The highest BCUT2D eigenvalue weighted by Crippen LogP contribution is 2.40. The minimum atomic E-state index is -0.995. The molecule has 3 rings (SSSR count). The number of fused-ring (bicyclic) bond motifs is 1. The van der Waals surface area contributed by atoms with Gasteiger partial charge in [-0.05, 0) is 25.8 Å². The molecule has 1 N–H and O–H groups in total. The third-order valence-electron chi connectivity index (χ3n) is 3.39. The molecule has 21 heavy (non-hydrogen) atoms. The van der Waals surface area contributed by atoms with Crippen molar-refractivity contribution < 1.29 is 14.8 Å². The fraction of sp³-hybridized carbons (Fsp3) is 0.385. The standard InChI is InChI=1S/C13H13N3O4S/c1-7-14-9-4-10(11(16(19)20)5-12(9)21-7)15(6-13(17)18)8-2-3-8/h4-5,8H,2-3,6H2,1H3,(H,17,18). The van der Waals surface area contributed by atoms with Crippen molar-refractivity contribution in [1.82, 2.24) is 4.98 Å². The van der Waals surface area contributed by atoms with Crippen LogP contribution in [0.5, 0.6) is 0 Å². The number of hydrogen-bond acceptors (Lipinski definition) is 6. The van der Waals surface area contributed by atoms with Crippen molar-refractivity contribution in [2.24, 2.45) is 0 Å². The molecule has 0 saturated heterocycles. The van der Waals surface area contributed by atoms with Crippen LogP contribution in [0.4, 0.5) is 11.4 Å². The first-order valence-corrected chi connectivity index (χ1v) is 7.31.